The summed E-state index contributed by atoms with van der Waals surface area (Å²) in [7, 11) is 0. The van der Waals surface area contributed by atoms with Gasteiger partial charge >= 0.3 is 0 Å². The molecule has 0 saturated carbocycles. The van der Waals surface area contributed by atoms with Gasteiger partial charge in [0.1, 0.15) is 5.75 Å². The molecule has 0 bridgehead atoms. The zero-order valence-electron chi connectivity index (χ0n) is 13.7. The van der Waals surface area contributed by atoms with Crippen molar-refractivity contribution in [2.45, 2.75) is 38.6 Å². The van der Waals surface area contributed by atoms with Crippen LogP contribution in [0.5, 0.6) is 5.75 Å². The molecule has 0 spiro atoms. The van der Waals surface area contributed by atoms with Gasteiger partial charge in [0, 0.05) is 0 Å². The van der Waals surface area contributed by atoms with Gasteiger partial charge in [-0.1, -0.05) is 56.3 Å². The Hall–Kier alpha value is -2.29. The van der Waals surface area contributed by atoms with E-state index in [2.05, 4.69) is 37.4 Å². The molecule has 1 atom stereocenters. The second-order valence-electron chi connectivity index (χ2n) is 6.34. The predicted octanol–water partition coefficient (Wildman–Crippen LogP) is 3.99. The highest BCUT2D eigenvalue weighted by Crippen LogP contribution is 2.30. The fourth-order valence-electron chi connectivity index (χ4n) is 3.18. The van der Waals surface area contributed by atoms with Gasteiger partial charge in [0.15, 0.2) is 6.61 Å². The van der Waals surface area contributed by atoms with E-state index in [9.17, 15) is 4.79 Å². The van der Waals surface area contributed by atoms with Crippen molar-refractivity contribution in [1.29, 1.82) is 0 Å². The largest absolute Gasteiger partial charge is 0.483 e. The molecule has 3 rings (SSSR count). The summed E-state index contributed by atoms with van der Waals surface area (Å²) in [6.45, 7) is 4.30. The maximum absolute atomic E-state index is 12.2. The molecule has 3 nitrogen and oxygen atoms in total. The molecule has 3 heteroatoms. The minimum atomic E-state index is -0.0646. The van der Waals surface area contributed by atoms with Gasteiger partial charge in [-0.3, -0.25) is 4.79 Å². The van der Waals surface area contributed by atoms with Crippen LogP contribution in [0.3, 0.4) is 0 Å². The first-order chi connectivity index (χ1) is 11.1. The molecular formula is C20H23NO2. The Morgan fingerprint density at radius 1 is 1.17 bits per heavy atom. The zero-order chi connectivity index (χ0) is 16.2. The number of para-hydroxylation sites is 1. The molecule has 1 N–H and O–H groups in total. The van der Waals surface area contributed by atoms with E-state index in [1.807, 2.05) is 30.3 Å². The van der Waals surface area contributed by atoms with Crippen LogP contribution in [-0.2, 0) is 11.2 Å². The van der Waals surface area contributed by atoms with Gasteiger partial charge in [-0.15, -0.1) is 0 Å². The van der Waals surface area contributed by atoms with Crippen LogP contribution in [0, 0.1) is 0 Å². The van der Waals surface area contributed by atoms with Crippen molar-refractivity contribution >= 4 is 5.91 Å². The molecule has 1 amide bonds. The van der Waals surface area contributed by atoms with Gasteiger partial charge in [-0.05, 0) is 41.5 Å². The highest BCUT2D eigenvalue weighted by Gasteiger charge is 2.23. The second-order valence-corrected chi connectivity index (χ2v) is 6.34. The summed E-state index contributed by atoms with van der Waals surface area (Å²) in [6, 6.07) is 16.3. The number of ether oxygens (including phenoxy) is 1. The molecule has 0 aromatic heterocycles. The molecule has 1 aliphatic carbocycles. The smallest absolute Gasteiger partial charge is 0.258 e. The lowest BCUT2D eigenvalue weighted by Gasteiger charge is -2.16. The van der Waals surface area contributed by atoms with Crippen molar-refractivity contribution in [3.63, 3.8) is 0 Å². The standard InChI is InChI=1S/C20H23NO2/c1-14(2)16-8-5-6-10-19(16)23-13-20(22)21-18-12-11-15-7-3-4-9-17(15)18/h3-10,14,18H,11-13H2,1-2H3,(H,21,22)/t18-/m0/s1. The van der Waals surface area contributed by atoms with Crippen molar-refractivity contribution in [3.8, 4) is 5.75 Å². The summed E-state index contributed by atoms with van der Waals surface area (Å²) in [5.41, 5.74) is 3.71. The van der Waals surface area contributed by atoms with Crippen molar-refractivity contribution < 1.29 is 9.53 Å². The fourth-order valence-corrected chi connectivity index (χ4v) is 3.18. The molecule has 23 heavy (non-hydrogen) atoms. The molecule has 0 heterocycles. The number of benzene rings is 2. The Balaban J connectivity index is 1.59. The van der Waals surface area contributed by atoms with E-state index in [0.29, 0.717) is 5.92 Å². The van der Waals surface area contributed by atoms with E-state index in [1.54, 1.807) is 0 Å². The number of nitrogens with one attached hydrogen (secondary N) is 1. The van der Waals surface area contributed by atoms with Crippen LogP contribution < -0.4 is 10.1 Å². The molecule has 0 aliphatic heterocycles. The van der Waals surface area contributed by atoms with E-state index < -0.39 is 0 Å². The lowest BCUT2D eigenvalue weighted by atomic mass is 10.0. The average Bonchev–Trinajstić information content (AvgIpc) is 2.96. The van der Waals surface area contributed by atoms with E-state index in [1.165, 1.54) is 11.1 Å². The van der Waals surface area contributed by atoms with Gasteiger partial charge in [-0.25, -0.2) is 0 Å². The highest BCUT2D eigenvalue weighted by molar-refractivity contribution is 5.78. The first-order valence-corrected chi connectivity index (χ1v) is 8.24. The number of aryl methyl sites for hydroxylation is 1. The van der Waals surface area contributed by atoms with Gasteiger partial charge in [0.25, 0.3) is 5.91 Å². The average molecular weight is 309 g/mol. The van der Waals surface area contributed by atoms with Crippen LogP contribution in [0.1, 0.15) is 48.9 Å². The van der Waals surface area contributed by atoms with Crippen molar-refractivity contribution in [2.75, 3.05) is 6.61 Å². The summed E-state index contributed by atoms with van der Waals surface area (Å²) in [5.74, 6) is 1.10. The lowest BCUT2D eigenvalue weighted by Crippen LogP contribution is -2.31. The van der Waals surface area contributed by atoms with E-state index >= 15 is 0 Å². The quantitative estimate of drug-likeness (QED) is 0.907. The molecule has 2 aromatic rings. The van der Waals surface area contributed by atoms with Gasteiger partial charge in [-0.2, -0.15) is 0 Å². The molecular weight excluding hydrogens is 286 g/mol. The van der Waals surface area contributed by atoms with Gasteiger partial charge in [0.2, 0.25) is 0 Å². The Bertz CT molecular complexity index is 694. The summed E-state index contributed by atoms with van der Waals surface area (Å²) >= 11 is 0. The number of rotatable bonds is 5. The second kappa shape index (κ2) is 6.86. The molecule has 2 aromatic carbocycles. The minimum absolute atomic E-state index is 0.0579. The SMILES string of the molecule is CC(C)c1ccccc1OCC(=O)N[C@H]1CCc2ccccc21. The van der Waals surface area contributed by atoms with Crippen LogP contribution in [0.15, 0.2) is 48.5 Å². The summed E-state index contributed by atoms with van der Waals surface area (Å²) in [6.07, 6.45) is 1.99. The van der Waals surface area contributed by atoms with Crippen molar-refractivity contribution in [3.05, 3.63) is 65.2 Å². The number of carbonyl (C=O) groups excluding carboxylic acids is 1. The normalized spacial score (nSPS) is 16.2. The zero-order valence-corrected chi connectivity index (χ0v) is 13.7. The van der Waals surface area contributed by atoms with E-state index in [0.717, 1.165) is 24.2 Å². The number of fused-ring (bicyclic) bond motifs is 1. The van der Waals surface area contributed by atoms with Crippen molar-refractivity contribution in [1.82, 2.24) is 5.32 Å². The molecule has 0 saturated heterocycles. The third-order valence-electron chi connectivity index (χ3n) is 4.37. The monoisotopic (exact) mass is 309 g/mol. The molecule has 1 aliphatic rings. The van der Waals surface area contributed by atoms with E-state index in [-0.39, 0.29) is 18.6 Å². The molecule has 0 unspecified atom stereocenters. The van der Waals surface area contributed by atoms with Crippen LogP contribution in [-0.4, -0.2) is 12.5 Å². The Kier molecular flexibility index (Phi) is 4.65. The van der Waals surface area contributed by atoms with Gasteiger partial charge in [0.05, 0.1) is 6.04 Å². The number of amides is 1. The Labute approximate surface area is 137 Å². The maximum Gasteiger partial charge on any atom is 0.258 e. The Morgan fingerprint density at radius 2 is 1.91 bits per heavy atom. The summed E-state index contributed by atoms with van der Waals surface area (Å²) in [4.78, 5) is 12.2. The van der Waals surface area contributed by atoms with Crippen LogP contribution in [0.4, 0.5) is 0 Å². The highest BCUT2D eigenvalue weighted by atomic mass is 16.5. The topological polar surface area (TPSA) is 38.3 Å². The predicted molar refractivity (Wildman–Crippen MR) is 91.7 cm³/mol. The molecule has 120 valence electrons. The fraction of sp³-hybridized carbons (Fsp3) is 0.350. The van der Waals surface area contributed by atoms with Crippen LogP contribution in [0.2, 0.25) is 0 Å². The summed E-state index contributed by atoms with van der Waals surface area (Å²) in [5, 5.41) is 3.09. The lowest BCUT2D eigenvalue weighted by molar-refractivity contribution is -0.123. The Morgan fingerprint density at radius 3 is 2.74 bits per heavy atom. The number of hydrogen-bond acceptors (Lipinski definition) is 2. The first-order valence-electron chi connectivity index (χ1n) is 8.24. The summed E-state index contributed by atoms with van der Waals surface area (Å²) < 4.78 is 5.75. The van der Waals surface area contributed by atoms with Gasteiger partial charge < -0.3 is 10.1 Å². The number of hydrogen-bond donors (Lipinski definition) is 1. The number of carbonyl (C=O) groups is 1. The van der Waals surface area contributed by atoms with Crippen LogP contribution in [0.25, 0.3) is 0 Å². The van der Waals surface area contributed by atoms with Crippen molar-refractivity contribution in [2.24, 2.45) is 0 Å². The minimum Gasteiger partial charge on any atom is -0.483 e. The first kappa shape index (κ1) is 15.6. The third-order valence-corrected chi connectivity index (χ3v) is 4.37. The maximum atomic E-state index is 12.2. The molecule has 0 radical (unpaired) electrons. The molecule has 0 fully saturated rings. The third kappa shape index (κ3) is 3.55. The van der Waals surface area contributed by atoms with Crippen LogP contribution >= 0.6 is 0 Å². The van der Waals surface area contributed by atoms with E-state index in [4.69, 9.17) is 4.74 Å².